The molecule has 0 saturated carbocycles. The van der Waals surface area contributed by atoms with Crippen LogP contribution in [-0.4, -0.2) is 10.9 Å². The van der Waals surface area contributed by atoms with Gasteiger partial charge < -0.3 is 11.5 Å². The highest BCUT2D eigenvalue weighted by Gasteiger charge is 2.12. The van der Waals surface area contributed by atoms with Crippen LogP contribution in [0.1, 0.15) is 37.6 Å². The van der Waals surface area contributed by atoms with E-state index >= 15 is 0 Å². The third-order valence-electron chi connectivity index (χ3n) is 3.56. The Labute approximate surface area is 140 Å². The van der Waals surface area contributed by atoms with E-state index in [1.54, 1.807) is 0 Å². The molecule has 120 valence electrons. The average molecular weight is 327 g/mol. The third-order valence-corrected chi connectivity index (χ3v) is 4.32. The van der Waals surface area contributed by atoms with Crippen molar-refractivity contribution >= 4 is 22.9 Å². The molecule has 4 nitrogen and oxygen atoms in total. The van der Waals surface area contributed by atoms with Crippen LogP contribution in [0, 0.1) is 17.8 Å². The summed E-state index contributed by atoms with van der Waals surface area (Å²) in [6.45, 7) is 2.05. The molecule has 0 bridgehead atoms. The maximum atomic E-state index is 11.3. The fourth-order valence-corrected chi connectivity index (χ4v) is 2.97. The van der Waals surface area contributed by atoms with E-state index in [0.717, 1.165) is 34.8 Å². The van der Waals surface area contributed by atoms with E-state index in [9.17, 15) is 4.79 Å². The molecule has 0 aliphatic heterocycles. The summed E-state index contributed by atoms with van der Waals surface area (Å²) in [5, 5.41) is 2.77. The Morgan fingerprint density at radius 3 is 2.70 bits per heavy atom. The van der Waals surface area contributed by atoms with Crippen LogP contribution in [0.25, 0.3) is 11.3 Å². The summed E-state index contributed by atoms with van der Waals surface area (Å²) in [5.74, 6) is 5.85. The van der Waals surface area contributed by atoms with E-state index < -0.39 is 0 Å². The summed E-state index contributed by atoms with van der Waals surface area (Å²) in [5.41, 5.74) is 13.7. The second kappa shape index (κ2) is 8.35. The molecule has 0 aliphatic carbocycles. The molecule has 4 N–H and O–H groups in total. The molecule has 0 spiro atoms. The smallest absolute Gasteiger partial charge is 0.220 e. The number of aromatic nitrogens is 1. The standard InChI is InChI=1S/C18H21N3OS/c1-2-5-14(18(20)22)6-3-4-7-17-21-16(12-23-17)13-8-10-15(19)11-9-13/h8-12,14H,2-3,5-6,19H2,1H3,(H2,20,22). The van der Waals surface area contributed by atoms with Crippen LogP contribution in [0.3, 0.4) is 0 Å². The first kappa shape index (κ1) is 17.0. The Bertz CT molecular complexity index is 710. The van der Waals surface area contributed by atoms with Gasteiger partial charge in [-0.3, -0.25) is 4.79 Å². The molecule has 0 saturated heterocycles. The van der Waals surface area contributed by atoms with E-state index in [0.29, 0.717) is 12.8 Å². The molecule has 1 atom stereocenters. The molecule has 2 aromatic rings. The molecular formula is C18H21N3OS. The first-order valence-corrected chi connectivity index (χ1v) is 8.57. The lowest BCUT2D eigenvalue weighted by Crippen LogP contribution is -2.22. The molecule has 5 heteroatoms. The Balaban J connectivity index is 1.95. The highest BCUT2D eigenvalue weighted by molar-refractivity contribution is 7.10. The van der Waals surface area contributed by atoms with Crippen LogP contribution in [-0.2, 0) is 4.79 Å². The monoisotopic (exact) mass is 327 g/mol. The van der Waals surface area contributed by atoms with E-state index in [1.165, 1.54) is 11.3 Å². The van der Waals surface area contributed by atoms with Gasteiger partial charge in [0, 0.05) is 29.0 Å². The second-order valence-corrected chi connectivity index (χ2v) is 6.25. The molecule has 1 amide bonds. The van der Waals surface area contributed by atoms with Crippen LogP contribution in [0.4, 0.5) is 5.69 Å². The van der Waals surface area contributed by atoms with Crippen molar-refractivity contribution in [2.75, 3.05) is 5.73 Å². The van der Waals surface area contributed by atoms with Crippen LogP contribution in [0.15, 0.2) is 29.6 Å². The first-order valence-electron chi connectivity index (χ1n) is 7.69. The highest BCUT2D eigenvalue weighted by atomic mass is 32.1. The van der Waals surface area contributed by atoms with Gasteiger partial charge in [-0.2, -0.15) is 0 Å². The summed E-state index contributed by atoms with van der Waals surface area (Å²) in [6.07, 6.45) is 3.16. The Morgan fingerprint density at radius 2 is 2.04 bits per heavy atom. The van der Waals surface area contributed by atoms with E-state index in [-0.39, 0.29) is 11.8 Å². The lowest BCUT2D eigenvalue weighted by molar-refractivity contribution is -0.122. The van der Waals surface area contributed by atoms with Crippen molar-refractivity contribution in [2.45, 2.75) is 32.6 Å². The van der Waals surface area contributed by atoms with Crippen LogP contribution in [0.5, 0.6) is 0 Å². The first-order chi connectivity index (χ1) is 11.1. The molecule has 0 fully saturated rings. The fraction of sp³-hybridized carbons (Fsp3) is 0.333. The number of nitrogens with zero attached hydrogens (tertiary/aromatic N) is 1. The summed E-state index contributed by atoms with van der Waals surface area (Å²) >= 11 is 1.52. The second-order valence-electron chi connectivity index (χ2n) is 5.39. The van der Waals surface area contributed by atoms with Gasteiger partial charge in [0.15, 0.2) is 5.01 Å². The zero-order chi connectivity index (χ0) is 16.7. The molecule has 1 heterocycles. The summed E-state index contributed by atoms with van der Waals surface area (Å²) in [4.78, 5) is 15.8. The maximum absolute atomic E-state index is 11.3. The zero-order valence-corrected chi connectivity index (χ0v) is 14.0. The molecule has 0 radical (unpaired) electrons. The van der Waals surface area contributed by atoms with E-state index in [1.807, 2.05) is 29.6 Å². The molecule has 1 aromatic heterocycles. The number of carbonyl (C=O) groups is 1. The lowest BCUT2D eigenvalue weighted by atomic mass is 9.97. The maximum Gasteiger partial charge on any atom is 0.220 e. The normalized spacial score (nSPS) is 11.5. The largest absolute Gasteiger partial charge is 0.399 e. The minimum absolute atomic E-state index is 0.0732. The van der Waals surface area contributed by atoms with Gasteiger partial charge in [0.2, 0.25) is 5.91 Å². The van der Waals surface area contributed by atoms with Crippen molar-refractivity contribution < 1.29 is 4.79 Å². The molecular weight excluding hydrogens is 306 g/mol. The Morgan fingerprint density at radius 1 is 1.30 bits per heavy atom. The Kier molecular flexibility index (Phi) is 6.19. The SMILES string of the molecule is CCCC(CCC#Cc1nc(-c2ccc(N)cc2)cs1)C(N)=O. The zero-order valence-electron chi connectivity index (χ0n) is 13.2. The predicted molar refractivity (Wildman–Crippen MR) is 95.7 cm³/mol. The summed E-state index contributed by atoms with van der Waals surface area (Å²) in [6, 6.07) is 7.61. The van der Waals surface area contributed by atoms with Crippen LogP contribution < -0.4 is 11.5 Å². The number of hydrogen-bond acceptors (Lipinski definition) is 4. The topological polar surface area (TPSA) is 82.0 Å². The minimum Gasteiger partial charge on any atom is -0.399 e. The number of nitrogen functional groups attached to an aromatic ring is 1. The molecule has 0 aliphatic rings. The van der Waals surface area contributed by atoms with Crippen molar-refractivity contribution in [3.63, 3.8) is 0 Å². The van der Waals surface area contributed by atoms with E-state index in [2.05, 4.69) is 23.7 Å². The molecule has 1 unspecified atom stereocenters. The average Bonchev–Trinajstić information content (AvgIpc) is 2.99. The third kappa shape index (κ3) is 5.11. The molecule has 2 rings (SSSR count). The highest BCUT2D eigenvalue weighted by Crippen LogP contribution is 2.22. The lowest BCUT2D eigenvalue weighted by Gasteiger charge is -2.08. The van der Waals surface area contributed by atoms with Gasteiger partial charge in [-0.1, -0.05) is 31.4 Å². The molecule has 23 heavy (non-hydrogen) atoms. The van der Waals surface area contributed by atoms with Gasteiger partial charge in [0.1, 0.15) is 0 Å². The van der Waals surface area contributed by atoms with Crippen molar-refractivity contribution in [1.29, 1.82) is 0 Å². The summed E-state index contributed by atoms with van der Waals surface area (Å²) < 4.78 is 0. The van der Waals surface area contributed by atoms with Crippen molar-refractivity contribution in [3.8, 4) is 23.1 Å². The van der Waals surface area contributed by atoms with E-state index in [4.69, 9.17) is 11.5 Å². The number of amides is 1. The van der Waals surface area contributed by atoms with Crippen molar-refractivity contribution in [1.82, 2.24) is 4.98 Å². The van der Waals surface area contributed by atoms with Crippen molar-refractivity contribution in [2.24, 2.45) is 11.7 Å². The number of benzene rings is 1. The molecule has 1 aromatic carbocycles. The van der Waals surface area contributed by atoms with Crippen LogP contribution >= 0.6 is 11.3 Å². The number of rotatable bonds is 6. The number of carbonyl (C=O) groups excluding carboxylic acids is 1. The fourth-order valence-electron chi connectivity index (χ4n) is 2.28. The van der Waals surface area contributed by atoms with Gasteiger partial charge in [-0.25, -0.2) is 4.98 Å². The Hall–Kier alpha value is -2.32. The van der Waals surface area contributed by atoms with Crippen LogP contribution in [0.2, 0.25) is 0 Å². The minimum atomic E-state index is -0.228. The van der Waals surface area contributed by atoms with Crippen molar-refractivity contribution in [3.05, 3.63) is 34.7 Å². The number of primary amides is 1. The summed E-state index contributed by atoms with van der Waals surface area (Å²) in [7, 11) is 0. The van der Waals surface area contributed by atoms with Gasteiger partial charge in [0.25, 0.3) is 0 Å². The quantitative estimate of drug-likeness (QED) is 0.630. The van der Waals surface area contributed by atoms with Gasteiger partial charge in [-0.05, 0) is 30.9 Å². The number of hydrogen-bond donors (Lipinski definition) is 2. The van der Waals surface area contributed by atoms with Gasteiger partial charge in [-0.15, -0.1) is 11.3 Å². The van der Waals surface area contributed by atoms with Gasteiger partial charge >= 0.3 is 0 Å². The number of thiazole rings is 1. The number of anilines is 1. The van der Waals surface area contributed by atoms with Gasteiger partial charge in [0.05, 0.1) is 5.69 Å². The number of nitrogens with two attached hydrogens (primary N) is 2. The predicted octanol–water partition coefficient (Wildman–Crippen LogP) is 3.43.